The number of carbonyl (C=O) groups is 1. The Labute approximate surface area is 150 Å². The Hall–Kier alpha value is -1.54. The average Bonchev–Trinajstić information content (AvgIpc) is 2.79. The van der Waals surface area contributed by atoms with E-state index in [1.807, 2.05) is 6.92 Å². The van der Waals surface area contributed by atoms with E-state index in [1.54, 1.807) is 26.2 Å². The molecular weight excluding hydrogens is 373 g/mol. The number of nitrogens with zero attached hydrogens (tertiary/aromatic N) is 2. The molecule has 2 N–H and O–H groups in total. The molecule has 2 aromatic rings. The van der Waals surface area contributed by atoms with Gasteiger partial charge in [-0.25, -0.2) is 13.6 Å². The second-order valence-corrected chi connectivity index (χ2v) is 7.76. The Morgan fingerprint density at radius 2 is 1.79 bits per heavy atom. The molecule has 1 atom stereocenters. The molecule has 0 bridgehead atoms. The normalized spacial score (nSPS) is 12.9. The molecule has 0 aliphatic carbocycles. The second kappa shape index (κ2) is 6.76. The summed E-state index contributed by atoms with van der Waals surface area (Å²) in [5.74, 6) is -0.255. The van der Waals surface area contributed by atoms with Crippen LogP contribution in [0.25, 0.3) is 0 Å². The Kier molecular flexibility index (Phi) is 5.29. The lowest BCUT2D eigenvalue weighted by atomic mass is 10.1. The van der Waals surface area contributed by atoms with E-state index in [0.717, 1.165) is 5.56 Å². The van der Waals surface area contributed by atoms with Crippen LogP contribution in [0.2, 0.25) is 10.2 Å². The minimum atomic E-state index is -3.75. The fourth-order valence-electron chi connectivity index (χ4n) is 2.26. The van der Waals surface area contributed by atoms with Crippen molar-refractivity contribution in [3.8, 4) is 0 Å². The first-order chi connectivity index (χ1) is 11.0. The molecule has 6 nitrogen and oxygen atoms in total. The number of aromatic nitrogens is 1. The number of nitrogens with two attached hydrogens (primary N) is 1. The second-order valence-electron chi connectivity index (χ2n) is 5.43. The maximum absolute atomic E-state index is 12.6. The summed E-state index contributed by atoms with van der Waals surface area (Å²) >= 11 is 11.9. The quantitative estimate of drug-likeness (QED) is 0.871. The molecule has 0 fully saturated rings. The number of carbonyl (C=O) groups excluding carboxylic acids is 1. The first-order valence-electron chi connectivity index (χ1n) is 6.94. The maximum Gasteiger partial charge on any atom is 0.270 e. The first kappa shape index (κ1) is 18.8. The van der Waals surface area contributed by atoms with Gasteiger partial charge in [0.1, 0.15) is 10.8 Å². The lowest BCUT2D eigenvalue weighted by Gasteiger charge is -2.25. The molecule has 9 heteroatoms. The van der Waals surface area contributed by atoms with Gasteiger partial charge in [0, 0.05) is 14.1 Å². The number of amides is 1. The molecule has 1 unspecified atom stereocenters. The van der Waals surface area contributed by atoms with E-state index in [9.17, 15) is 13.2 Å². The van der Waals surface area contributed by atoms with Gasteiger partial charge in [0.25, 0.3) is 5.91 Å². The van der Waals surface area contributed by atoms with Crippen LogP contribution in [0, 0.1) is 0 Å². The number of halogens is 2. The van der Waals surface area contributed by atoms with Crippen LogP contribution in [-0.4, -0.2) is 30.8 Å². The summed E-state index contributed by atoms with van der Waals surface area (Å²) in [5.41, 5.74) is 1.13. The van der Waals surface area contributed by atoms with Crippen LogP contribution >= 0.6 is 23.2 Å². The van der Waals surface area contributed by atoms with Gasteiger partial charge in [0.2, 0.25) is 10.0 Å². The van der Waals surface area contributed by atoms with Crippen molar-refractivity contribution in [2.24, 2.45) is 12.2 Å². The van der Waals surface area contributed by atoms with Crippen LogP contribution < -0.4 is 5.14 Å². The molecule has 1 amide bonds. The third-order valence-corrected chi connectivity index (χ3v) is 5.70. The Bertz CT molecular complexity index is 876. The largest absolute Gasteiger partial charge is 0.334 e. The van der Waals surface area contributed by atoms with Gasteiger partial charge in [-0.05, 0) is 30.7 Å². The Morgan fingerprint density at radius 3 is 2.21 bits per heavy atom. The van der Waals surface area contributed by atoms with E-state index in [-0.39, 0.29) is 16.8 Å². The summed E-state index contributed by atoms with van der Waals surface area (Å²) in [6.07, 6.45) is 0. The standard InChI is InChI=1S/C15H17Cl2N3O3S/c1-9(10-4-6-11(7-5-10)24(18,22)23)19(2)15(21)13-8-12(16)14(17)20(13)3/h4-9H,1-3H3,(H2,18,22,23). The summed E-state index contributed by atoms with van der Waals surface area (Å²) in [5, 5.41) is 5.68. The van der Waals surface area contributed by atoms with E-state index in [2.05, 4.69) is 0 Å². The van der Waals surface area contributed by atoms with Crippen LogP contribution in [0.5, 0.6) is 0 Å². The number of primary sulfonamides is 1. The van der Waals surface area contributed by atoms with E-state index in [0.29, 0.717) is 15.9 Å². The highest BCUT2D eigenvalue weighted by molar-refractivity contribution is 7.89. The first-order valence-corrected chi connectivity index (χ1v) is 9.25. The minimum absolute atomic E-state index is 0.0217. The van der Waals surface area contributed by atoms with Gasteiger partial charge >= 0.3 is 0 Å². The molecule has 1 aromatic carbocycles. The minimum Gasteiger partial charge on any atom is -0.334 e. The number of rotatable bonds is 4. The molecule has 24 heavy (non-hydrogen) atoms. The summed E-state index contributed by atoms with van der Waals surface area (Å²) in [7, 11) is -0.444. The van der Waals surface area contributed by atoms with Gasteiger partial charge in [-0.3, -0.25) is 4.79 Å². The molecule has 0 radical (unpaired) electrons. The molecule has 130 valence electrons. The average molecular weight is 390 g/mol. The highest BCUT2D eigenvalue weighted by Crippen LogP contribution is 2.28. The number of hydrogen-bond acceptors (Lipinski definition) is 3. The lowest BCUT2D eigenvalue weighted by Crippen LogP contribution is -2.31. The topological polar surface area (TPSA) is 85.4 Å². The molecule has 0 aliphatic heterocycles. The van der Waals surface area contributed by atoms with Crippen molar-refractivity contribution in [2.75, 3.05) is 7.05 Å². The SMILES string of the molecule is CC(c1ccc(S(N)(=O)=O)cc1)N(C)C(=O)c1cc(Cl)c(Cl)n1C. The number of benzene rings is 1. The van der Waals surface area contributed by atoms with E-state index in [1.165, 1.54) is 27.7 Å². The third kappa shape index (κ3) is 3.59. The van der Waals surface area contributed by atoms with Crippen molar-refractivity contribution < 1.29 is 13.2 Å². The van der Waals surface area contributed by atoms with Crippen LogP contribution in [0.15, 0.2) is 35.2 Å². The summed E-state index contributed by atoms with van der Waals surface area (Å²) in [4.78, 5) is 14.2. The fourth-order valence-corrected chi connectivity index (χ4v) is 3.15. The van der Waals surface area contributed by atoms with Crippen LogP contribution in [0.4, 0.5) is 0 Å². The molecule has 1 aromatic heterocycles. The van der Waals surface area contributed by atoms with Gasteiger partial charge in [-0.1, -0.05) is 35.3 Å². The summed E-state index contributed by atoms with van der Waals surface area (Å²) < 4.78 is 24.1. The molecule has 0 aliphatic rings. The smallest absolute Gasteiger partial charge is 0.270 e. The van der Waals surface area contributed by atoms with Gasteiger partial charge in [-0.15, -0.1) is 0 Å². The van der Waals surface area contributed by atoms with Crippen LogP contribution in [0.1, 0.15) is 29.0 Å². The molecule has 0 saturated heterocycles. The monoisotopic (exact) mass is 389 g/mol. The zero-order valence-corrected chi connectivity index (χ0v) is 15.7. The van der Waals surface area contributed by atoms with Crippen molar-refractivity contribution in [3.63, 3.8) is 0 Å². The summed E-state index contributed by atoms with van der Waals surface area (Å²) in [6, 6.07) is 7.29. The van der Waals surface area contributed by atoms with Gasteiger partial charge in [0.05, 0.1) is 16.0 Å². The van der Waals surface area contributed by atoms with Crippen molar-refractivity contribution >= 4 is 39.1 Å². The number of hydrogen-bond donors (Lipinski definition) is 1. The predicted octanol–water partition coefficient (Wildman–Crippen LogP) is 2.81. The molecule has 2 rings (SSSR count). The Balaban J connectivity index is 2.27. The van der Waals surface area contributed by atoms with Crippen LogP contribution in [0.3, 0.4) is 0 Å². The third-order valence-electron chi connectivity index (χ3n) is 3.93. The molecular formula is C15H17Cl2N3O3S. The van der Waals surface area contributed by atoms with Crippen molar-refractivity contribution in [1.29, 1.82) is 0 Å². The predicted molar refractivity (Wildman–Crippen MR) is 93.8 cm³/mol. The number of sulfonamides is 1. The van der Waals surface area contributed by atoms with Crippen molar-refractivity contribution in [3.05, 3.63) is 51.8 Å². The maximum atomic E-state index is 12.6. The lowest BCUT2D eigenvalue weighted by molar-refractivity contribution is 0.0733. The zero-order chi connectivity index (χ0) is 18.2. The zero-order valence-electron chi connectivity index (χ0n) is 13.3. The van der Waals surface area contributed by atoms with Crippen molar-refractivity contribution in [1.82, 2.24) is 9.47 Å². The van der Waals surface area contributed by atoms with Gasteiger partial charge in [0.15, 0.2) is 0 Å². The van der Waals surface area contributed by atoms with E-state index < -0.39 is 10.0 Å². The van der Waals surface area contributed by atoms with Gasteiger partial charge < -0.3 is 9.47 Å². The van der Waals surface area contributed by atoms with E-state index >= 15 is 0 Å². The van der Waals surface area contributed by atoms with Gasteiger partial charge in [-0.2, -0.15) is 0 Å². The molecule has 0 saturated carbocycles. The van der Waals surface area contributed by atoms with Crippen molar-refractivity contribution in [2.45, 2.75) is 17.9 Å². The molecule has 1 heterocycles. The Morgan fingerprint density at radius 1 is 1.25 bits per heavy atom. The molecule has 0 spiro atoms. The summed E-state index contributed by atoms with van der Waals surface area (Å²) in [6.45, 7) is 1.83. The van der Waals surface area contributed by atoms with E-state index in [4.69, 9.17) is 28.3 Å². The highest BCUT2D eigenvalue weighted by atomic mass is 35.5. The highest BCUT2D eigenvalue weighted by Gasteiger charge is 2.23. The van der Waals surface area contributed by atoms with Crippen LogP contribution in [-0.2, 0) is 17.1 Å². The fraction of sp³-hybridized carbons (Fsp3) is 0.267.